The Labute approximate surface area is 185 Å². The molecule has 2 heterocycles. The third kappa shape index (κ3) is 2.96. The second-order valence-corrected chi connectivity index (χ2v) is 9.52. The van der Waals surface area contributed by atoms with Crippen LogP contribution in [0, 0.1) is 5.92 Å². The van der Waals surface area contributed by atoms with Gasteiger partial charge in [0.2, 0.25) is 0 Å². The molecule has 0 spiro atoms. The molecule has 0 radical (unpaired) electrons. The smallest absolute Gasteiger partial charge is 0.134 e. The Morgan fingerprint density at radius 1 is 1.27 bits per heavy atom. The minimum absolute atomic E-state index is 0. The predicted octanol–water partition coefficient (Wildman–Crippen LogP) is 3.55. The van der Waals surface area contributed by atoms with Crippen molar-refractivity contribution in [3.8, 4) is 5.75 Å². The molecule has 0 N–H and O–H groups in total. The number of hydrogen-bond donors (Lipinski definition) is 0. The van der Waals surface area contributed by atoms with Crippen molar-refractivity contribution < 1.29 is 19.0 Å². The van der Waals surface area contributed by atoms with Gasteiger partial charge < -0.3 is 14.2 Å². The number of ether oxygens (including phenoxy) is 3. The number of hydrogen-bond acceptors (Lipinski definition) is 5. The highest BCUT2D eigenvalue weighted by Gasteiger charge is 2.68. The van der Waals surface area contributed by atoms with E-state index in [9.17, 15) is 4.79 Å². The van der Waals surface area contributed by atoms with E-state index in [0.717, 1.165) is 51.1 Å². The Morgan fingerprint density at radius 2 is 2.10 bits per heavy atom. The summed E-state index contributed by atoms with van der Waals surface area (Å²) in [5.74, 6) is 1.42. The van der Waals surface area contributed by atoms with Crippen molar-refractivity contribution in [2.45, 2.75) is 68.6 Å². The van der Waals surface area contributed by atoms with Crippen LogP contribution in [0.4, 0.5) is 0 Å². The summed E-state index contributed by atoms with van der Waals surface area (Å²) in [6.07, 6.45) is 5.73. The Bertz CT molecular complexity index is 810. The van der Waals surface area contributed by atoms with Gasteiger partial charge >= 0.3 is 0 Å². The molecule has 0 aromatic heterocycles. The Kier molecular flexibility index (Phi) is 5.95. The molecule has 166 valence electrons. The van der Waals surface area contributed by atoms with Crippen LogP contribution < -0.4 is 4.74 Å². The SMILES string of the molecule is COc1ccc2c(c1)[C@]13CCN(CC4CCCO4)[C@H](C2)[C@]1(OC)[C@H](C)CC(=O)C3.Cl. The fourth-order valence-corrected chi connectivity index (χ4v) is 7.24. The summed E-state index contributed by atoms with van der Waals surface area (Å²) in [6, 6.07) is 6.72. The normalized spacial score (nSPS) is 37.8. The zero-order valence-electron chi connectivity index (χ0n) is 18.3. The second kappa shape index (κ2) is 8.09. The minimum Gasteiger partial charge on any atom is -0.497 e. The average molecular weight is 436 g/mol. The van der Waals surface area contributed by atoms with E-state index in [1.165, 1.54) is 11.1 Å². The Hall–Kier alpha value is -1.14. The van der Waals surface area contributed by atoms with Crippen LogP contribution in [0.1, 0.15) is 50.2 Å². The maximum atomic E-state index is 12.9. The largest absolute Gasteiger partial charge is 0.497 e. The molecule has 0 amide bonds. The van der Waals surface area contributed by atoms with Gasteiger partial charge in [-0.3, -0.25) is 9.69 Å². The molecule has 1 saturated carbocycles. The van der Waals surface area contributed by atoms with Gasteiger partial charge in [0.05, 0.1) is 18.8 Å². The average Bonchev–Trinajstić information content (AvgIpc) is 3.22. The topological polar surface area (TPSA) is 48.0 Å². The van der Waals surface area contributed by atoms with Crippen molar-refractivity contribution in [2.75, 3.05) is 33.9 Å². The van der Waals surface area contributed by atoms with Gasteiger partial charge in [0, 0.05) is 44.6 Å². The van der Waals surface area contributed by atoms with Gasteiger partial charge in [-0.1, -0.05) is 13.0 Å². The molecular weight excluding hydrogens is 402 g/mol. The molecule has 4 aliphatic rings. The monoisotopic (exact) mass is 435 g/mol. The van der Waals surface area contributed by atoms with E-state index in [4.69, 9.17) is 14.2 Å². The van der Waals surface area contributed by atoms with Crippen molar-refractivity contribution in [1.82, 2.24) is 4.90 Å². The van der Waals surface area contributed by atoms with Crippen molar-refractivity contribution in [1.29, 1.82) is 0 Å². The van der Waals surface area contributed by atoms with Crippen LogP contribution in [0.2, 0.25) is 0 Å². The molecule has 1 aromatic carbocycles. The maximum Gasteiger partial charge on any atom is 0.134 e. The lowest BCUT2D eigenvalue weighted by Gasteiger charge is -2.67. The first-order chi connectivity index (χ1) is 14.0. The number of benzene rings is 1. The third-order valence-electron chi connectivity index (χ3n) is 8.32. The van der Waals surface area contributed by atoms with Gasteiger partial charge in [-0.25, -0.2) is 0 Å². The van der Waals surface area contributed by atoms with E-state index >= 15 is 0 Å². The standard InChI is InChI=1S/C24H33NO4.ClH/c1-16-11-18(26)14-23-8-9-25(15-20-5-4-10-29-20)22(24(16,23)28-3)12-17-6-7-19(27-2)13-21(17)23;/h6-7,13,16,20,22H,4-5,8-12,14-15H2,1-3H3;1H/t16-,20?,22-,23-,24-;/m1./s1. The first kappa shape index (κ1) is 22.1. The van der Waals surface area contributed by atoms with Crippen molar-refractivity contribution in [3.63, 3.8) is 0 Å². The zero-order valence-corrected chi connectivity index (χ0v) is 19.1. The Balaban J connectivity index is 0.00000218. The molecule has 3 fully saturated rings. The lowest BCUT2D eigenvalue weighted by molar-refractivity contribution is -0.212. The number of piperidine rings is 1. The van der Waals surface area contributed by atoms with E-state index in [-0.39, 0.29) is 35.4 Å². The van der Waals surface area contributed by atoms with Crippen LogP contribution >= 0.6 is 12.4 Å². The molecule has 2 aliphatic carbocycles. The van der Waals surface area contributed by atoms with Crippen LogP contribution in [0.15, 0.2) is 18.2 Å². The molecule has 2 saturated heterocycles. The van der Waals surface area contributed by atoms with Crippen molar-refractivity contribution >= 4 is 18.2 Å². The molecule has 6 heteroatoms. The zero-order chi connectivity index (χ0) is 20.2. The van der Waals surface area contributed by atoms with Crippen molar-refractivity contribution in [3.05, 3.63) is 29.3 Å². The van der Waals surface area contributed by atoms with Gasteiger partial charge in [0.15, 0.2) is 0 Å². The fraction of sp³-hybridized carbons (Fsp3) is 0.708. The van der Waals surface area contributed by atoms with Gasteiger partial charge in [-0.05, 0) is 61.4 Å². The lowest BCUT2D eigenvalue weighted by Crippen LogP contribution is -2.76. The summed E-state index contributed by atoms with van der Waals surface area (Å²) < 4.78 is 18.1. The fourth-order valence-electron chi connectivity index (χ4n) is 7.24. The maximum absolute atomic E-state index is 12.9. The third-order valence-corrected chi connectivity index (χ3v) is 8.32. The van der Waals surface area contributed by atoms with Gasteiger partial charge in [0.25, 0.3) is 0 Å². The molecule has 5 atom stereocenters. The summed E-state index contributed by atoms with van der Waals surface area (Å²) in [4.78, 5) is 15.5. The molecule has 1 aromatic rings. The number of carbonyl (C=O) groups excluding carboxylic acids is 1. The van der Waals surface area contributed by atoms with E-state index in [1.54, 1.807) is 7.11 Å². The molecule has 30 heavy (non-hydrogen) atoms. The number of rotatable bonds is 4. The molecule has 1 unspecified atom stereocenters. The predicted molar refractivity (Wildman–Crippen MR) is 118 cm³/mol. The number of halogens is 1. The highest BCUT2D eigenvalue weighted by atomic mass is 35.5. The van der Waals surface area contributed by atoms with Crippen LogP contribution in [0.5, 0.6) is 5.75 Å². The molecule has 5 nitrogen and oxygen atoms in total. The number of Topliss-reactive ketones (excluding diaryl/α,β-unsaturated/α-hetero) is 1. The van der Waals surface area contributed by atoms with Gasteiger partial charge in [-0.2, -0.15) is 0 Å². The molecular formula is C24H34ClNO4. The molecule has 5 rings (SSSR count). The van der Waals surface area contributed by atoms with E-state index in [2.05, 4.69) is 30.0 Å². The summed E-state index contributed by atoms with van der Waals surface area (Å²) in [6.45, 7) is 5.07. The van der Waals surface area contributed by atoms with Crippen LogP contribution in [-0.2, 0) is 26.1 Å². The first-order valence-corrected chi connectivity index (χ1v) is 11.1. The number of nitrogens with zero attached hydrogens (tertiary/aromatic N) is 1. The second-order valence-electron chi connectivity index (χ2n) is 9.52. The van der Waals surface area contributed by atoms with Gasteiger partial charge in [0.1, 0.15) is 11.5 Å². The summed E-state index contributed by atoms with van der Waals surface area (Å²) >= 11 is 0. The van der Waals surface area contributed by atoms with Crippen LogP contribution in [0.3, 0.4) is 0 Å². The Morgan fingerprint density at radius 3 is 2.80 bits per heavy atom. The minimum atomic E-state index is -0.350. The number of carbonyl (C=O) groups is 1. The highest BCUT2D eigenvalue weighted by Crippen LogP contribution is 2.61. The summed E-state index contributed by atoms with van der Waals surface area (Å²) in [5, 5.41) is 0. The number of fused-ring (bicyclic) bond motifs is 1. The first-order valence-electron chi connectivity index (χ1n) is 11.1. The number of methoxy groups -OCH3 is 2. The molecule has 2 aliphatic heterocycles. The quantitative estimate of drug-likeness (QED) is 0.723. The van der Waals surface area contributed by atoms with E-state index in [1.807, 2.05) is 7.11 Å². The van der Waals surface area contributed by atoms with E-state index in [0.29, 0.717) is 24.7 Å². The van der Waals surface area contributed by atoms with Crippen LogP contribution in [-0.4, -0.2) is 62.3 Å². The molecule has 2 bridgehead atoms. The van der Waals surface area contributed by atoms with Crippen molar-refractivity contribution in [2.24, 2.45) is 5.92 Å². The van der Waals surface area contributed by atoms with E-state index < -0.39 is 0 Å². The summed E-state index contributed by atoms with van der Waals surface area (Å²) in [7, 11) is 3.59. The lowest BCUT2D eigenvalue weighted by atomic mass is 9.46. The number of likely N-dealkylation sites (tertiary alicyclic amines) is 1. The van der Waals surface area contributed by atoms with Crippen LogP contribution in [0.25, 0.3) is 0 Å². The highest BCUT2D eigenvalue weighted by molar-refractivity contribution is 5.85. The summed E-state index contributed by atoms with van der Waals surface area (Å²) in [5.41, 5.74) is 2.02. The number of ketones is 1. The van der Waals surface area contributed by atoms with Gasteiger partial charge in [-0.15, -0.1) is 12.4 Å².